The number of para-hydroxylation sites is 1. The minimum Gasteiger partial charge on any atom is -0.377 e. The van der Waals surface area contributed by atoms with Crippen LogP contribution in [0, 0.1) is 5.92 Å². The number of hydrogen-bond acceptors (Lipinski definition) is 3. The number of nitrogens with zero attached hydrogens (tertiary/aromatic N) is 2. The predicted octanol–water partition coefficient (Wildman–Crippen LogP) is 2.52. The third-order valence-electron chi connectivity index (χ3n) is 5.59. The van der Waals surface area contributed by atoms with Gasteiger partial charge in [-0.3, -0.25) is 9.59 Å². The molecule has 0 spiro atoms. The second kappa shape index (κ2) is 7.56. The first-order chi connectivity index (χ1) is 13.1. The van der Waals surface area contributed by atoms with Crippen LogP contribution in [-0.4, -0.2) is 41.0 Å². The minimum atomic E-state index is -0.154. The molecule has 1 aromatic carbocycles. The van der Waals surface area contributed by atoms with Gasteiger partial charge in [0.25, 0.3) is 0 Å². The largest absolute Gasteiger partial charge is 0.377 e. The van der Waals surface area contributed by atoms with Crippen LogP contribution in [0.1, 0.15) is 30.1 Å². The maximum atomic E-state index is 12.9. The van der Waals surface area contributed by atoms with Gasteiger partial charge in [-0.25, -0.2) is 0 Å². The summed E-state index contributed by atoms with van der Waals surface area (Å²) in [7, 11) is 1.98. The molecule has 2 atom stereocenters. The molecule has 0 saturated carbocycles. The molecule has 27 heavy (non-hydrogen) atoms. The van der Waals surface area contributed by atoms with Crippen LogP contribution in [0.2, 0.25) is 0 Å². The van der Waals surface area contributed by atoms with E-state index in [4.69, 9.17) is 4.74 Å². The van der Waals surface area contributed by atoms with E-state index in [0.29, 0.717) is 39.0 Å². The van der Waals surface area contributed by atoms with Crippen molar-refractivity contribution in [1.29, 1.82) is 0 Å². The van der Waals surface area contributed by atoms with Crippen LogP contribution in [0.4, 0.5) is 5.69 Å². The molecule has 6 heteroatoms. The molecule has 2 amide bonds. The number of anilines is 1. The van der Waals surface area contributed by atoms with Gasteiger partial charge in [-0.05, 0) is 36.6 Å². The number of nitrogens with one attached hydrogen (secondary N) is 1. The first kappa shape index (κ1) is 17.8. The van der Waals surface area contributed by atoms with Crippen molar-refractivity contribution in [1.82, 2.24) is 9.47 Å². The quantitative estimate of drug-likeness (QED) is 0.903. The van der Waals surface area contributed by atoms with Crippen LogP contribution in [0.15, 0.2) is 42.6 Å². The average molecular weight is 367 g/mol. The Morgan fingerprint density at radius 3 is 2.93 bits per heavy atom. The lowest BCUT2D eigenvalue weighted by Crippen LogP contribution is -2.44. The zero-order chi connectivity index (χ0) is 18.8. The number of ether oxygens (including phenoxy) is 1. The molecule has 2 aliphatic rings. The summed E-state index contributed by atoms with van der Waals surface area (Å²) in [6.45, 7) is 1.67. The van der Waals surface area contributed by atoms with Gasteiger partial charge >= 0.3 is 0 Å². The molecular formula is C21H25N3O3. The highest BCUT2D eigenvalue weighted by atomic mass is 16.5. The summed E-state index contributed by atoms with van der Waals surface area (Å²) in [5, 5.41) is 2.96. The topological polar surface area (TPSA) is 63.6 Å². The van der Waals surface area contributed by atoms with Crippen molar-refractivity contribution in [3.63, 3.8) is 0 Å². The molecule has 2 aliphatic heterocycles. The highest BCUT2D eigenvalue weighted by Crippen LogP contribution is 2.29. The fourth-order valence-electron chi connectivity index (χ4n) is 4.06. The van der Waals surface area contributed by atoms with E-state index >= 15 is 0 Å². The normalized spacial score (nSPS) is 22.3. The highest BCUT2D eigenvalue weighted by molar-refractivity contribution is 5.96. The van der Waals surface area contributed by atoms with Crippen LogP contribution in [0.25, 0.3) is 0 Å². The Balaban J connectivity index is 1.41. The number of hydrogen-bond donors (Lipinski definition) is 1. The maximum absolute atomic E-state index is 12.9. The molecule has 2 unspecified atom stereocenters. The van der Waals surface area contributed by atoms with Crippen molar-refractivity contribution in [2.75, 3.05) is 25.1 Å². The van der Waals surface area contributed by atoms with E-state index < -0.39 is 0 Å². The number of fused-ring (bicyclic) bond motifs is 1. The first-order valence-electron chi connectivity index (χ1n) is 9.50. The van der Waals surface area contributed by atoms with Gasteiger partial charge in [0.15, 0.2) is 0 Å². The van der Waals surface area contributed by atoms with Gasteiger partial charge in [-0.1, -0.05) is 18.2 Å². The van der Waals surface area contributed by atoms with E-state index in [9.17, 15) is 9.59 Å². The number of morpholine rings is 1. The number of carbonyl (C=O) groups excluding carboxylic acids is 2. The molecular weight excluding hydrogens is 342 g/mol. The zero-order valence-electron chi connectivity index (χ0n) is 15.6. The second-order valence-electron chi connectivity index (χ2n) is 7.31. The molecule has 6 nitrogen and oxygen atoms in total. The SMILES string of the molecule is Cn1cccc1C1COCCN1C(=O)CCC1Cc2ccccc2NC1=O. The molecule has 3 heterocycles. The minimum absolute atomic E-state index is 0.0162. The third-order valence-corrected chi connectivity index (χ3v) is 5.59. The lowest BCUT2D eigenvalue weighted by molar-refractivity contribution is -0.140. The molecule has 142 valence electrons. The molecule has 1 aromatic heterocycles. The molecule has 1 saturated heterocycles. The van der Waals surface area contributed by atoms with E-state index in [2.05, 4.69) is 5.32 Å². The first-order valence-corrected chi connectivity index (χ1v) is 9.50. The summed E-state index contributed by atoms with van der Waals surface area (Å²) in [6.07, 6.45) is 3.62. The van der Waals surface area contributed by atoms with E-state index in [0.717, 1.165) is 16.9 Å². The van der Waals surface area contributed by atoms with Gasteiger partial charge in [-0.2, -0.15) is 0 Å². The van der Waals surface area contributed by atoms with Crippen molar-refractivity contribution < 1.29 is 14.3 Å². The second-order valence-corrected chi connectivity index (χ2v) is 7.31. The monoisotopic (exact) mass is 367 g/mol. The Hall–Kier alpha value is -2.60. The average Bonchev–Trinajstić information content (AvgIpc) is 3.12. The Labute approximate surface area is 159 Å². The van der Waals surface area contributed by atoms with Crippen LogP contribution < -0.4 is 5.32 Å². The molecule has 0 aliphatic carbocycles. The van der Waals surface area contributed by atoms with Crippen LogP contribution in [-0.2, 0) is 27.8 Å². The summed E-state index contributed by atoms with van der Waals surface area (Å²) in [5.74, 6) is -0.0444. The van der Waals surface area contributed by atoms with E-state index in [1.165, 1.54) is 0 Å². The highest BCUT2D eigenvalue weighted by Gasteiger charge is 2.32. The van der Waals surface area contributed by atoms with E-state index in [1.807, 2.05) is 59.1 Å². The van der Waals surface area contributed by atoms with Gasteiger partial charge < -0.3 is 19.5 Å². The fraction of sp³-hybridized carbons (Fsp3) is 0.429. The number of benzene rings is 1. The summed E-state index contributed by atoms with van der Waals surface area (Å²) in [4.78, 5) is 27.2. The molecule has 4 rings (SSSR count). The van der Waals surface area contributed by atoms with Crippen LogP contribution in [0.3, 0.4) is 0 Å². The van der Waals surface area contributed by atoms with Gasteiger partial charge in [0.2, 0.25) is 11.8 Å². The van der Waals surface area contributed by atoms with Gasteiger partial charge in [0.05, 0.1) is 19.3 Å². The number of aromatic nitrogens is 1. The van der Waals surface area contributed by atoms with Crippen molar-refractivity contribution in [2.45, 2.75) is 25.3 Å². The van der Waals surface area contributed by atoms with Gasteiger partial charge in [0, 0.05) is 43.5 Å². The Morgan fingerprint density at radius 2 is 2.11 bits per heavy atom. The lowest BCUT2D eigenvalue weighted by Gasteiger charge is -2.36. The van der Waals surface area contributed by atoms with Crippen molar-refractivity contribution in [3.8, 4) is 0 Å². The molecule has 0 bridgehead atoms. The molecule has 0 radical (unpaired) electrons. The van der Waals surface area contributed by atoms with Gasteiger partial charge in [0.1, 0.15) is 0 Å². The maximum Gasteiger partial charge on any atom is 0.227 e. The predicted molar refractivity (Wildman–Crippen MR) is 102 cm³/mol. The van der Waals surface area contributed by atoms with Crippen molar-refractivity contribution in [3.05, 3.63) is 53.9 Å². The fourth-order valence-corrected chi connectivity index (χ4v) is 4.06. The summed E-state index contributed by atoms with van der Waals surface area (Å²) >= 11 is 0. The number of carbonyl (C=O) groups is 2. The third kappa shape index (κ3) is 3.62. The Morgan fingerprint density at radius 1 is 1.26 bits per heavy atom. The van der Waals surface area contributed by atoms with Crippen LogP contribution >= 0.6 is 0 Å². The molecule has 2 aromatic rings. The smallest absolute Gasteiger partial charge is 0.227 e. The Bertz CT molecular complexity index is 845. The zero-order valence-corrected chi connectivity index (χ0v) is 15.6. The van der Waals surface area contributed by atoms with Crippen molar-refractivity contribution in [2.24, 2.45) is 13.0 Å². The van der Waals surface area contributed by atoms with Gasteiger partial charge in [-0.15, -0.1) is 0 Å². The number of aryl methyl sites for hydroxylation is 1. The van der Waals surface area contributed by atoms with Crippen LogP contribution in [0.5, 0.6) is 0 Å². The number of rotatable bonds is 4. The molecule has 1 fully saturated rings. The van der Waals surface area contributed by atoms with E-state index in [-0.39, 0.29) is 23.8 Å². The summed E-state index contributed by atoms with van der Waals surface area (Å²) in [6, 6.07) is 11.8. The summed E-state index contributed by atoms with van der Waals surface area (Å²) < 4.78 is 7.65. The summed E-state index contributed by atoms with van der Waals surface area (Å²) in [5.41, 5.74) is 3.11. The standard InChI is InChI=1S/C21H25N3O3/c1-23-10-4-7-18(23)19-14-27-12-11-24(19)20(25)9-8-16-13-15-5-2-3-6-17(15)22-21(16)26/h2-7,10,16,19H,8-9,11-14H2,1H3,(H,22,26). The Kier molecular flexibility index (Phi) is 4.99. The van der Waals surface area contributed by atoms with E-state index in [1.54, 1.807) is 0 Å². The lowest BCUT2D eigenvalue weighted by atomic mass is 9.89. The van der Waals surface area contributed by atoms with Crippen molar-refractivity contribution >= 4 is 17.5 Å². The molecule has 1 N–H and O–H groups in total. The number of amides is 2.